The summed E-state index contributed by atoms with van der Waals surface area (Å²) in [7, 11) is 0. The van der Waals surface area contributed by atoms with E-state index in [0.29, 0.717) is 13.1 Å². The lowest BCUT2D eigenvalue weighted by Gasteiger charge is -2.31. The smallest absolute Gasteiger partial charge is 0.291 e. The third-order valence-electron chi connectivity index (χ3n) is 4.69. The number of piperidine rings is 1. The van der Waals surface area contributed by atoms with Gasteiger partial charge in [-0.1, -0.05) is 12.1 Å². The van der Waals surface area contributed by atoms with Crippen LogP contribution in [0.4, 0.5) is 5.69 Å². The Labute approximate surface area is 155 Å². The fraction of sp³-hybridized carbons (Fsp3) is 0.263. The van der Waals surface area contributed by atoms with Crippen LogP contribution in [0.1, 0.15) is 23.4 Å². The van der Waals surface area contributed by atoms with Crippen LogP contribution in [0.15, 0.2) is 53.5 Å². The minimum atomic E-state index is -0.252. The number of hydrogen-bond acceptors (Lipinski definition) is 5. The molecule has 138 valence electrons. The first kappa shape index (κ1) is 17.0. The summed E-state index contributed by atoms with van der Waals surface area (Å²) in [5.74, 6) is -0.364. The maximum absolute atomic E-state index is 12.6. The average Bonchev–Trinajstić information content (AvgIpc) is 3.42. The highest BCUT2D eigenvalue weighted by Gasteiger charge is 2.30. The van der Waals surface area contributed by atoms with Crippen LogP contribution in [-0.2, 0) is 4.79 Å². The van der Waals surface area contributed by atoms with Gasteiger partial charge in [-0.3, -0.25) is 14.7 Å². The number of aromatic nitrogens is 3. The molecule has 8 nitrogen and oxygen atoms in total. The molecule has 0 saturated carbocycles. The van der Waals surface area contributed by atoms with Crippen molar-refractivity contribution in [1.82, 2.24) is 20.1 Å². The van der Waals surface area contributed by atoms with Crippen molar-refractivity contribution < 1.29 is 14.0 Å². The maximum atomic E-state index is 12.6. The van der Waals surface area contributed by atoms with Crippen molar-refractivity contribution >= 4 is 17.5 Å². The zero-order chi connectivity index (χ0) is 18.6. The van der Waals surface area contributed by atoms with Crippen molar-refractivity contribution in [2.75, 3.05) is 18.4 Å². The van der Waals surface area contributed by atoms with Crippen molar-refractivity contribution in [3.8, 4) is 11.3 Å². The van der Waals surface area contributed by atoms with Gasteiger partial charge >= 0.3 is 0 Å². The van der Waals surface area contributed by atoms with E-state index >= 15 is 0 Å². The normalized spacial score (nSPS) is 16.9. The molecule has 8 heteroatoms. The van der Waals surface area contributed by atoms with Crippen LogP contribution >= 0.6 is 0 Å². The minimum absolute atomic E-state index is 0.0839. The largest absolute Gasteiger partial charge is 0.438 e. The first-order valence-corrected chi connectivity index (χ1v) is 8.79. The van der Waals surface area contributed by atoms with E-state index in [1.165, 1.54) is 12.6 Å². The Morgan fingerprint density at radius 3 is 2.78 bits per heavy atom. The number of oxazole rings is 1. The number of rotatable bonds is 4. The van der Waals surface area contributed by atoms with Crippen molar-refractivity contribution in [2.45, 2.75) is 12.8 Å². The molecule has 2 aromatic heterocycles. The molecule has 4 rings (SSSR count). The number of nitrogens with zero attached hydrogens (tertiary/aromatic N) is 3. The first-order valence-electron chi connectivity index (χ1n) is 8.79. The maximum Gasteiger partial charge on any atom is 0.291 e. The number of benzene rings is 1. The Morgan fingerprint density at radius 2 is 2.07 bits per heavy atom. The highest BCUT2D eigenvalue weighted by molar-refractivity contribution is 5.95. The van der Waals surface area contributed by atoms with Crippen LogP contribution in [0.5, 0.6) is 0 Å². The zero-order valence-electron chi connectivity index (χ0n) is 14.6. The Hall–Kier alpha value is -3.42. The van der Waals surface area contributed by atoms with Crippen LogP contribution in [0.25, 0.3) is 11.3 Å². The van der Waals surface area contributed by atoms with Crippen LogP contribution in [0, 0.1) is 5.92 Å². The summed E-state index contributed by atoms with van der Waals surface area (Å²) in [6, 6.07) is 9.44. The van der Waals surface area contributed by atoms with Crippen molar-refractivity contribution in [3.63, 3.8) is 0 Å². The number of carbonyl (C=O) groups is 2. The lowest BCUT2D eigenvalue weighted by atomic mass is 9.96. The molecular formula is C19H19N5O3. The molecule has 0 aliphatic carbocycles. The van der Waals surface area contributed by atoms with Crippen molar-refractivity contribution in [2.24, 2.45) is 5.92 Å². The summed E-state index contributed by atoms with van der Waals surface area (Å²) < 4.78 is 5.07. The molecule has 1 fully saturated rings. The number of anilines is 1. The minimum Gasteiger partial charge on any atom is -0.438 e. The van der Waals surface area contributed by atoms with E-state index in [9.17, 15) is 9.59 Å². The Morgan fingerprint density at radius 1 is 1.22 bits per heavy atom. The molecule has 3 aromatic rings. The SMILES string of the molecule is O=C(Nc1ccc(-c2ccn[nH]2)cc1)[C@H]1CCCN(C(=O)c2cnco2)C1. The molecule has 2 N–H and O–H groups in total. The van der Waals surface area contributed by atoms with Gasteiger partial charge in [-0.2, -0.15) is 5.10 Å². The highest BCUT2D eigenvalue weighted by Crippen LogP contribution is 2.22. The second-order valence-electron chi connectivity index (χ2n) is 6.49. The molecular weight excluding hydrogens is 346 g/mol. The van der Waals surface area contributed by atoms with Gasteiger partial charge in [0.2, 0.25) is 11.7 Å². The van der Waals surface area contributed by atoms with E-state index in [1.54, 1.807) is 11.1 Å². The Balaban J connectivity index is 1.38. The number of likely N-dealkylation sites (tertiary alicyclic amines) is 1. The van der Waals surface area contributed by atoms with Gasteiger partial charge in [0.25, 0.3) is 5.91 Å². The van der Waals surface area contributed by atoms with Gasteiger partial charge in [0.15, 0.2) is 6.39 Å². The van der Waals surface area contributed by atoms with Crippen molar-refractivity contribution in [3.05, 3.63) is 54.9 Å². The van der Waals surface area contributed by atoms with Gasteiger partial charge < -0.3 is 14.6 Å². The second kappa shape index (κ2) is 7.45. The molecule has 1 saturated heterocycles. The van der Waals surface area contributed by atoms with E-state index in [1.807, 2.05) is 30.3 Å². The molecule has 0 radical (unpaired) electrons. The van der Waals surface area contributed by atoms with Gasteiger partial charge in [0, 0.05) is 25.0 Å². The molecule has 1 atom stereocenters. The molecule has 1 aliphatic rings. The van der Waals surface area contributed by atoms with Crippen LogP contribution in [0.2, 0.25) is 0 Å². The fourth-order valence-corrected chi connectivity index (χ4v) is 3.25. The van der Waals surface area contributed by atoms with E-state index in [4.69, 9.17) is 4.42 Å². The summed E-state index contributed by atoms with van der Waals surface area (Å²) in [6.07, 6.45) is 5.84. The molecule has 1 aromatic carbocycles. The average molecular weight is 365 g/mol. The van der Waals surface area contributed by atoms with Gasteiger partial charge in [-0.25, -0.2) is 4.98 Å². The zero-order valence-corrected chi connectivity index (χ0v) is 14.6. The predicted molar refractivity (Wildman–Crippen MR) is 97.8 cm³/mol. The topological polar surface area (TPSA) is 104 Å². The van der Waals surface area contributed by atoms with E-state index < -0.39 is 0 Å². The number of nitrogens with one attached hydrogen (secondary N) is 2. The Bertz CT molecular complexity index is 903. The van der Waals surface area contributed by atoms with Gasteiger partial charge in [0.05, 0.1) is 17.8 Å². The number of H-pyrrole nitrogens is 1. The predicted octanol–water partition coefficient (Wildman–Crippen LogP) is 2.56. The summed E-state index contributed by atoms with van der Waals surface area (Å²) in [5, 5.41) is 9.78. The lowest BCUT2D eigenvalue weighted by Crippen LogP contribution is -2.43. The monoisotopic (exact) mass is 365 g/mol. The third-order valence-corrected chi connectivity index (χ3v) is 4.69. The number of aromatic amines is 1. The molecule has 2 amide bonds. The quantitative estimate of drug-likeness (QED) is 0.739. The highest BCUT2D eigenvalue weighted by atomic mass is 16.3. The van der Waals surface area contributed by atoms with Crippen molar-refractivity contribution in [1.29, 1.82) is 0 Å². The summed E-state index contributed by atoms with van der Waals surface area (Å²) in [6.45, 7) is 0.986. The van der Waals surface area contributed by atoms with E-state index in [-0.39, 0.29) is 23.5 Å². The summed E-state index contributed by atoms with van der Waals surface area (Å²) >= 11 is 0. The molecule has 3 heterocycles. The number of hydrogen-bond donors (Lipinski definition) is 2. The fourth-order valence-electron chi connectivity index (χ4n) is 3.25. The number of amides is 2. The summed E-state index contributed by atoms with van der Waals surface area (Å²) in [5.41, 5.74) is 2.63. The molecule has 0 spiro atoms. The van der Waals surface area contributed by atoms with Gasteiger partial charge in [0.1, 0.15) is 0 Å². The van der Waals surface area contributed by atoms with Gasteiger partial charge in [-0.15, -0.1) is 0 Å². The van der Waals surface area contributed by atoms with Crippen LogP contribution in [-0.4, -0.2) is 45.0 Å². The number of carbonyl (C=O) groups excluding carboxylic acids is 2. The van der Waals surface area contributed by atoms with Crippen LogP contribution in [0.3, 0.4) is 0 Å². The van der Waals surface area contributed by atoms with E-state index in [0.717, 1.165) is 29.8 Å². The van der Waals surface area contributed by atoms with Gasteiger partial charge in [-0.05, 0) is 36.6 Å². The van der Waals surface area contributed by atoms with Crippen LogP contribution < -0.4 is 5.32 Å². The van der Waals surface area contributed by atoms with E-state index in [2.05, 4.69) is 20.5 Å². The Kier molecular flexibility index (Phi) is 4.69. The molecule has 27 heavy (non-hydrogen) atoms. The molecule has 1 aliphatic heterocycles. The first-order chi connectivity index (χ1) is 13.2. The lowest BCUT2D eigenvalue weighted by molar-refractivity contribution is -0.121. The molecule has 0 bridgehead atoms. The second-order valence-corrected chi connectivity index (χ2v) is 6.49. The molecule has 0 unspecified atom stereocenters. The third kappa shape index (κ3) is 3.74. The standard InChI is InChI=1S/C19H19N5O3/c25-18(22-15-5-3-13(4-6-15)16-7-8-21-23-16)14-2-1-9-24(11-14)19(26)17-10-20-12-27-17/h3-8,10,12,14H,1-2,9,11H2,(H,21,23)(H,22,25)/t14-/m0/s1. The summed E-state index contributed by atoms with van der Waals surface area (Å²) in [4.78, 5) is 30.4.